The van der Waals surface area contributed by atoms with Gasteiger partial charge in [-0.1, -0.05) is 6.42 Å². The van der Waals surface area contributed by atoms with Crippen molar-refractivity contribution in [2.75, 3.05) is 46.9 Å². The highest BCUT2D eigenvalue weighted by atomic mass is 16.5. The van der Waals surface area contributed by atoms with Crippen molar-refractivity contribution >= 4 is 0 Å². The van der Waals surface area contributed by atoms with E-state index < -0.39 is 0 Å². The van der Waals surface area contributed by atoms with Gasteiger partial charge in [-0.25, -0.2) is 0 Å². The minimum absolute atomic E-state index is 0.716. The highest BCUT2D eigenvalue weighted by Crippen LogP contribution is 2.31. The molecule has 0 spiro atoms. The van der Waals surface area contributed by atoms with Crippen molar-refractivity contribution in [2.45, 2.75) is 44.2 Å². The summed E-state index contributed by atoms with van der Waals surface area (Å²) in [6, 6.07) is 1.49. The molecule has 2 aliphatic rings. The molecule has 2 fully saturated rings. The molecule has 4 nitrogen and oxygen atoms in total. The topological polar surface area (TPSA) is 36.5 Å². The van der Waals surface area contributed by atoms with Crippen LogP contribution in [0.1, 0.15) is 32.1 Å². The molecule has 0 bridgehead atoms. The van der Waals surface area contributed by atoms with Gasteiger partial charge in [-0.3, -0.25) is 0 Å². The molecule has 112 valence electrons. The summed E-state index contributed by atoms with van der Waals surface area (Å²) in [5.41, 5.74) is 0. The van der Waals surface area contributed by atoms with E-state index in [9.17, 15) is 0 Å². The van der Waals surface area contributed by atoms with Gasteiger partial charge in [-0.15, -0.1) is 0 Å². The summed E-state index contributed by atoms with van der Waals surface area (Å²) in [4.78, 5) is 2.16. The van der Waals surface area contributed by atoms with Crippen LogP contribution in [0.15, 0.2) is 0 Å². The molecule has 0 amide bonds. The molecule has 1 heterocycles. The van der Waals surface area contributed by atoms with Gasteiger partial charge in [0.2, 0.25) is 0 Å². The van der Waals surface area contributed by atoms with Gasteiger partial charge in [-0.05, 0) is 52.2 Å². The zero-order chi connectivity index (χ0) is 13.5. The SMILES string of the molecule is CN(C)CCOCCNC1CCCC1C1CCCN1. The first kappa shape index (κ1) is 15.2. The second kappa shape index (κ2) is 8.20. The molecular formula is C15H31N3O. The average molecular weight is 269 g/mol. The van der Waals surface area contributed by atoms with Crippen LogP contribution in [0.2, 0.25) is 0 Å². The van der Waals surface area contributed by atoms with Crippen LogP contribution < -0.4 is 10.6 Å². The Labute approximate surface area is 118 Å². The summed E-state index contributed by atoms with van der Waals surface area (Å²) in [5.74, 6) is 0.851. The third-order valence-electron chi connectivity index (χ3n) is 4.52. The number of nitrogens with one attached hydrogen (secondary N) is 2. The Morgan fingerprint density at radius 2 is 2.05 bits per heavy atom. The highest BCUT2D eigenvalue weighted by Gasteiger charge is 2.34. The maximum atomic E-state index is 5.65. The molecule has 4 heteroatoms. The molecule has 0 aromatic heterocycles. The van der Waals surface area contributed by atoms with Gasteiger partial charge in [-0.2, -0.15) is 0 Å². The Bertz CT molecular complexity index is 242. The summed E-state index contributed by atoms with van der Waals surface area (Å²) in [6.07, 6.45) is 6.88. The van der Waals surface area contributed by atoms with Gasteiger partial charge < -0.3 is 20.3 Å². The van der Waals surface area contributed by atoms with Crippen molar-refractivity contribution < 1.29 is 4.74 Å². The maximum Gasteiger partial charge on any atom is 0.0593 e. The molecule has 0 radical (unpaired) electrons. The molecule has 19 heavy (non-hydrogen) atoms. The van der Waals surface area contributed by atoms with Crippen LogP contribution in [0.5, 0.6) is 0 Å². The second-order valence-electron chi connectivity index (χ2n) is 6.27. The predicted octanol–water partition coefficient (Wildman–Crippen LogP) is 1.07. The quantitative estimate of drug-likeness (QED) is 0.647. The normalized spacial score (nSPS) is 31.4. The number of likely N-dealkylation sites (N-methyl/N-ethyl adjacent to an activating group) is 1. The fraction of sp³-hybridized carbons (Fsp3) is 1.00. The number of rotatable bonds is 8. The van der Waals surface area contributed by atoms with Gasteiger partial charge in [0.1, 0.15) is 0 Å². The Hall–Kier alpha value is -0.160. The van der Waals surface area contributed by atoms with Crippen molar-refractivity contribution in [1.29, 1.82) is 0 Å². The molecule has 1 saturated carbocycles. The molecular weight excluding hydrogens is 238 g/mol. The van der Waals surface area contributed by atoms with Gasteiger partial charge in [0.25, 0.3) is 0 Å². The lowest BCUT2D eigenvalue weighted by molar-refractivity contribution is 0.115. The standard InChI is InChI=1S/C15H31N3O/c1-18(2)10-12-19-11-9-17-14-6-3-5-13(14)15-7-4-8-16-15/h13-17H,3-12H2,1-2H3. The van der Waals surface area contributed by atoms with Crippen molar-refractivity contribution in [3.05, 3.63) is 0 Å². The van der Waals surface area contributed by atoms with E-state index in [2.05, 4.69) is 29.6 Å². The molecule has 3 unspecified atom stereocenters. The second-order valence-corrected chi connectivity index (χ2v) is 6.27. The van der Waals surface area contributed by atoms with E-state index in [1.165, 1.54) is 38.6 Å². The Morgan fingerprint density at radius 1 is 1.16 bits per heavy atom. The number of hydrogen-bond donors (Lipinski definition) is 2. The van der Waals surface area contributed by atoms with Crippen LogP contribution in [0, 0.1) is 5.92 Å². The third kappa shape index (κ3) is 5.03. The van der Waals surface area contributed by atoms with E-state index in [0.717, 1.165) is 38.3 Å². The highest BCUT2D eigenvalue weighted by molar-refractivity contribution is 4.93. The van der Waals surface area contributed by atoms with Crippen LogP contribution >= 0.6 is 0 Å². The Kier molecular flexibility index (Phi) is 6.57. The first-order chi connectivity index (χ1) is 9.27. The molecule has 1 aliphatic carbocycles. The van der Waals surface area contributed by atoms with Crippen LogP contribution in [-0.2, 0) is 4.74 Å². The summed E-state index contributed by atoms with van der Waals surface area (Å²) in [5, 5.41) is 7.39. The lowest BCUT2D eigenvalue weighted by atomic mass is 9.93. The Balaban J connectivity index is 1.56. The zero-order valence-electron chi connectivity index (χ0n) is 12.7. The van der Waals surface area contributed by atoms with Crippen molar-refractivity contribution in [3.63, 3.8) is 0 Å². The van der Waals surface area contributed by atoms with Crippen LogP contribution in [-0.4, -0.2) is 63.9 Å². The smallest absolute Gasteiger partial charge is 0.0593 e. The van der Waals surface area contributed by atoms with E-state index in [1.807, 2.05) is 0 Å². The van der Waals surface area contributed by atoms with Gasteiger partial charge in [0, 0.05) is 25.2 Å². The summed E-state index contributed by atoms with van der Waals surface area (Å²) in [7, 11) is 4.17. The summed E-state index contributed by atoms with van der Waals surface area (Å²) < 4.78 is 5.65. The van der Waals surface area contributed by atoms with Gasteiger partial charge in [0.15, 0.2) is 0 Å². The summed E-state index contributed by atoms with van der Waals surface area (Å²) in [6.45, 7) is 4.92. The molecule has 1 saturated heterocycles. The molecule has 3 atom stereocenters. The van der Waals surface area contributed by atoms with E-state index in [0.29, 0.717) is 6.04 Å². The van der Waals surface area contributed by atoms with Crippen molar-refractivity contribution in [2.24, 2.45) is 5.92 Å². The van der Waals surface area contributed by atoms with Gasteiger partial charge in [0.05, 0.1) is 13.2 Å². The lowest BCUT2D eigenvalue weighted by Crippen LogP contribution is -2.43. The van der Waals surface area contributed by atoms with E-state index >= 15 is 0 Å². The van der Waals surface area contributed by atoms with Crippen molar-refractivity contribution in [3.8, 4) is 0 Å². The predicted molar refractivity (Wildman–Crippen MR) is 79.5 cm³/mol. The fourth-order valence-electron chi connectivity index (χ4n) is 3.47. The van der Waals surface area contributed by atoms with E-state index in [1.54, 1.807) is 0 Å². The van der Waals surface area contributed by atoms with Crippen molar-refractivity contribution in [1.82, 2.24) is 15.5 Å². The number of hydrogen-bond acceptors (Lipinski definition) is 4. The van der Waals surface area contributed by atoms with Gasteiger partial charge >= 0.3 is 0 Å². The molecule has 0 aromatic rings. The minimum Gasteiger partial charge on any atom is -0.379 e. The fourth-order valence-corrected chi connectivity index (χ4v) is 3.47. The third-order valence-corrected chi connectivity index (χ3v) is 4.52. The average Bonchev–Trinajstić information content (AvgIpc) is 3.03. The van der Waals surface area contributed by atoms with Crippen LogP contribution in [0.4, 0.5) is 0 Å². The van der Waals surface area contributed by atoms with Crippen LogP contribution in [0.25, 0.3) is 0 Å². The Morgan fingerprint density at radius 3 is 2.79 bits per heavy atom. The summed E-state index contributed by atoms with van der Waals surface area (Å²) >= 11 is 0. The zero-order valence-corrected chi connectivity index (χ0v) is 12.7. The van der Waals surface area contributed by atoms with Crippen LogP contribution in [0.3, 0.4) is 0 Å². The molecule has 0 aromatic carbocycles. The number of ether oxygens (including phenoxy) is 1. The number of nitrogens with zero attached hydrogens (tertiary/aromatic N) is 1. The largest absolute Gasteiger partial charge is 0.379 e. The molecule has 2 rings (SSSR count). The monoisotopic (exact) mass is 269 g/mol. The molecule has 1 aliphatic heterocycles. The lowest BCUT2D eigenvalue weighted by Gasteiger charge is -2.26. The van der Waals surface area contributed by atoms with E-state index in [4.69, 9.17) is 4.74 Å². The molecule has 2 N–H and O–H groups in total. The van der Waals surface area contributed by atoms with E-state index in [-0.39, 0.29) is 0 Å². The minimum atomic E-state index is 0.716. The first-order valence-corrected chi connectivity index (χ1v) is 7.96. The first-order valence-electron chi connectivity index (χ1n) is 7.96. The maximum absolute atomic E-state index is 5.65.